The summed E-state index contributed by atoms with van der Waals surface area (Å²) in [7, 11) is -1.58. The Morgan fingerprint density at radius 2 is 2.00 bits per heavy atom. The number of aromatic nitrogens is 3. The van der Waals surface area contributed by atoms with E-state index in [4.69, 9.17) is 0 Å². The molecule has 0 atom stereocenters. The molecule has 0 aliphatic carbocycles. The summed E-state index contributed by atoms with van der Waals surface area (Å²) in [5.74, 6) is 1.21. The van der Waals surface area contributed by atoms with Crippen LogP contribution in [0.4, 0.5) is 0 Å². The van der Waals surface area contributed by atoms with Gasteiger partial charge in [0.15, 0.2) is 5.96 Å². The summed E-state index contributed by atoms with van der Waals surface area (Å²) in [6.07, 6.45) is 1.47. The van der Waals surface area contributed by atoms with E-state index in [1.807, 2.05) is 37.3 Å². The SMILES string of the molecule is CCNC(=NCc1ncnn1C)NCCS(=O)(=O)NCc1ccccc1. The molecule has 1 heterocycles. The molecule has 0 saturated carbocycles. The molecule has 0 radical (unpaired) electrons. The number of aryl methyl sites for hydroxylation is 1. The third-order valence-corrected chi connectivity index (χ3v) is 4.86. The molecule has 2 aromatic rings. The minimum atomic E-state index is -3.38. The Balaban J connectivity index is 1.81. The number of benzene rings is 1. The lowest BCUT2D eigenvalue weighted by molar-refractivity contribution is 0.580. The van der Waals surface area contributed by atoms with E-state index < -0.39 is 10.0 Å². The first-order valence-corrected chi connectivity index (χ1v) is 10.0. The first-order chi connectivity index (χ1) is 12.5. The average Bonchev–Trinajstić information content (AvgIpc) is 3.04. The smallest absolute Gasteiger partial charge is 0.213 e. The minimum absolute atomic E-state index is 0.0474. The summed E-state index contributed by atoms with van der Waals surface area (Å²) in [4.78, 5) is 8.49. The molecule has 0 aliphatic heterocycles. The van der Waals surface area contributed by atoms with Gasteiger partial charge >= 0.3 is 0 Å². The molecule has 0 spiro atoms. The van der Waals surface area contributed by atoms with Gasteiger partial charge in [0.2, 0.25) is 10.0 Å². The van der Waals surface area contributed by atoms with Crippen LogP contribution in [0.3, 0.4) is 0 Å². The van der Waals surface area contributed by atoms with Crippen molar-refractivity contribution in [1.82, 2.24) is 30.1 Å². The number of rotatable bonds is 9. The zero-order valence-electron chi connectivity index (χ0n) is 15.0. The van der Waals surface area contributed by atoms with Crippen LogP contribution in [0.15, 0.2) is 41.7 Å². The van der Waals surface area contributed by atoms with Gasteiger partial charge in [-0.25, -0.2) is 23.1 Å². The molecule has 3 N–H and O–H groups in total. The van der Waals surface area contributed by atoms with Gasteiger partial charge in [0.25, 0.3) is 0 Å². The van der Waals surface area contributed by atoms with Crippen molar-refractivity contribution in [3.8, 4) is 0 Å². The van der Waals surface area contributed by atoms with Crippen LogP contribution >= 0.6 is 0 Å². The molecule has 0 unspecified atom stereocenters. The van der Waals surface area contributed by atoms with E-state index >= 15 is 0 Å². The van der Waals surface area contributed by atoms with Crippen LogP contribution < -0.4 is 15.4 Å². The molecule has 10 heteroatoms. The zero-order valence-corrected chi connectivity index (χ0v) is 15.8. The number of hydrogen-bond acceptors (Lipinski definition) is 5. The van der Waals surface area contributed by atoms with E-state index in [2.05, 4.69) is 30.4 Å². The molecule has 26 heavy (non-hydrogen) atoms. The molecule has 0 amide bonds. The molecule has 0 saturated heterocycles. The Labute approximate surface area is 154 Å². The van der Waals surface area contributed by atoms with Crippen molar-refractivity contribution >= 4 is 16.0 Å². The van der Waals surface area contributed by atoms with Crippen molar-refractivity contribution < 1.29 is 8.42 Å². The van der Waals surface area contributed by atoms with E-state index in [1.54, 1.807) is 11.7 Å². The predicted molar refractivity (Wildman–Crippen MR) is 101 cm³/mol. The highest BCUT2D eigenvalue weighted by Gasteiger charge is 2.10. The molecular formula is C16H25N7O2S. The van der Waals surface area contributed by atoms with Crippen molar-refractivity contribution in [2.24, 2.45) is 12.0 Å². The van der Waals surface area contributed by atoms with Gasteiger partial charge in [-0.05, 0) is 12.5 Å². The quantitative estimate of drug-likeness (QED) is 0.417. The van der Waals surface area contributed by atoms with Crippen molar-refractivity contribution in [2.45, 2.75) is 20.0 Å². The molecular weight excluding hydrogens is 354 g/mol. The summed E-state index contributed by atoms with van der Waals surface area (Å²) >= 11 is 0. The van der Waals surface area contributed by atoms with Crippen LogP contribution in [0.5, 0.6) is 0 Å². The molecule has 1 aromatic carbocycles. The molecule has 2 rings (SSSR count). The summed E-state index contributed by atoms with van der Waals surface area (Å²) in [6, 6.07) is 9.40. The summed E-state index contributed by atoms with van der Waals surface area (Å²) < 4.78 is 28.4. The van der Waals surface area contributed by atoms with Gasteiger partial charge in [-0.15, -0.1) is 0 Å². The van der Waals surface area contributed by atoms with Crippen LogP contribution in [-0.2, 0) is 30.2 Å². The van der Waals surface area contributed by atoms with Crippen LogP contribution in [-0.4, -0.2) is 48.0 Å². The highest BCUT2D eigenvalue weighted by atomic mass is 32.2. The minimum Gasteiger partial charge on any atom is -0.357 e. The lowest BCUT2D eigenvalue weighted by Crippen LogP contribution is -2.41. The highest BCUT2D eigenvalue weighted by molar-refractivity contribution is 7.89. The molecule has 142 valence electrons. The monoisotopic (exact) mass is 379 g/mol. The number of nitrogens with zero attached hydrogens (tertiary/aromatic N) is 4. The van der Waals surface area contributed by atoms with Crippen LogP contribution in [0.1, 0.15) is 18.3 Å². The lowest BCUT2D eigenvalue weighted by Gasteiger charge is -2.12. The Morgan fingerprint density at radius 3 is 2.65 bits per heavy atom. The molecule has 1 aromatic heterocycles. The highest BCUT2D eigenvalue weighted by Crippen LogP contribution is 1.98. The van der Waals surface area contributed by atoms with Crippen LogP contribution in [0, 0.1) is 0 Å². The van der Waals surface area contributed by atoms with Gasteiger partial charge in [-0.2, -0.15) is 5.10 Å². The number of sulfonamides is 1. The van der Waals surface area contributed by atoms with Gasteiger partial charge in [0, 0.05) is 26.7 Å². The van der Waals surface area contributed by atoms with Crippen molar-refractivity contribution in [3.05, 3.63) is 48.0 Å². The van der Waals surface area contributed by atoms with Crippen LogP contribution in [0.25, 0.3) is 0 Å². The summed E-state index contributed by atoms with van der Waals surface area (Å²) in [5, 5.41) is 10.1. The lowest BCUT2D eigenvalue weighted by atomic mass is 10.2. The average molecular weight is 379 g/mol. The van der Waals surface area contributed by atoms with Crippen molar-refractivity contribution in [1.29, 1.82) is 0 Å². The second kappa shape index (κ2) is 9.88. The van der Waals surface area contributed by atoms with Gasteiger partial charge in [-0.3, -0.25) is 4.68 Å². The predicted octanol–water partition coefficient (Wildman–Crippen LogP) is -0.0102. The fourth-order valence-corrected chi connectivity index (χ4v) is 3.02. The normalized spacial score (nSPS) is 12.2. The fourth-order valence-electron chi connectivity index (χ4n) is 2.12. The second-order valence-corrected chi connectivity index (χ2v) is 7.47. The van der Waals surface area contributed by atoms with E-state index in [1.165, 1.54) is 6.33 Å². The largest absolute Gasteiger partial charge is 0.357 e. The summed E-state index contributed by atoms with van der Waals surface area (Å²) in [5.41, 5.74) is 0.919. The van der Waals surface area contributed by atoms with E-state index in [9.17, 15) is 8.42 Å². The third kappa shape index (κ3) is 6.81. The van der Waals surface area contributed by atoms with Crippen LogP contribution in [0.2, 0.25) is 0 Å². The van der Waals surface area contributed by atoms with Gasteiger partial charge in [-0.1, -0.05) is 30.3 Å². The summed E-state index contributed by atoms with van der Waals surface area (Å²) in [6.45, 7) is 3.49. The van der Waals surface area contributed by atoms with Gasteiger partial charge < -0.3 is 10.6 Å². The maximum Gasteiger partial charge on any atom is 0.213 e. The Kier molecular flexibility index (Phi) is 7.54. The third-order valence-electron chi connectivity index (χ3n) is 3.53. The molecule has 0 bridgehead atoms. The second-order valence-electron chi connectivity index (χ2n) is 5.55. The standard InChI is InChI=1S/C16H25N7O2S/c1-3-17-16(19-12-15-20-13-21-23(15)2)18-9-10-26(24,25)22-11-14-7-5-4-6-8-14/h4-8,13,22H,3,9-12H2,1-2H3,(H2,17,18,19). The van der Waals surface area contributed by atoms with E-state index in [-0.39, 0.29) is 18.8 Å². The maximum absolute atomic E-state index is 12.1. The number of guanidine groups is 1. The van der Waals surface area contributed by atoms with E-state index in [0.29, 0.717) is 19.0 Å². The van der Waals surface area contributed by atoms with Gasteiger partial charge in [0.1, 0.15) is 18.7 Å². The molecule has 0 aliphatic rings. The topological polar surface area (TPSA) is 113 Å². The molecule has 9 nitrogen and oxygen atoms in total. The fraction of sp³-hybridized carbons (Fsp3) is 0.438. The zero-order chi connectivity index (χ0) is 18.8. The number of hydrogen-bond donors (Lipinski definition) is 3. The van der Waals surface area contributed by atoms with Crippen molar-refractivity contribution in [3.63, 3.8) is 0 Å². The Bertz CT molecular complexity index is 803. The molecule has 0 fully saturated rings. The first kappa shape index (κ1) is 19.9. The van der Waals surface area contributed by atoms with E-state index in [0.717, 1.165) is 11.4 Å². The maximum atomic E-state index is 12.1. The first-order valence-electron chi connectivity index (χ1n) is 8.36. The Morgan fingerprint density at radius 1 is 1.23 bits per heavy atom. The van der Waals surface area contributed by atoms with Crippen molar-refractivity contribution in [2.75, 3.05) is 18.8 Å². The van der Waals surface area contributed by atoms with Gasteiger partial charge in [0.05, 0.1) is 5.75 Å². The number of aliphatic imine (C=N–C) groups is 1. The Hall–Kier alpha value is -2.46. The number of nitrogens with one attached hydrogen (secondary N) is 3.